The molecule has 0 aliphatic rings. The van der Waals surface area contributed by atoms with Gasteiger partial charge in [-0.05, 0) is 28.1 Å². The number of nitro groups is 1. The molecule has 2 rings (SSSR count). The van der Waals surface area contributed by atoms with Gasteiger partial charge in [-0.25, -0.2) is 0 Å². The third-order valence-corrected chi connectivity index (χ3v) is 4.10. The van der Waals surface area contributed by atoms with Crippen LogP contribution in [-0.4, -0.2) is 9.91 Å². The Hall–Kier alpha value is -1.25. The molecule has 1 aromatic carbocycles. The number of nitrogens with zero attached hydrogens (tertiary/aromatic N) is 1. The molecule has 0 saturated carbocycles. The summed E-state index contributed by atoms with van der Waals surface area (Å²) in [5, 5.41) is 11.3. The number of alkyl halides is 3. The maximum atomic E-state index is 12.8. The summed E-state index contributed by atoms with van der Waals surface area (Å²) in [6, 6.07) is 3.92. The van der Waals surface area contributed by atoms with Crippen LogP contribution in [0.3, 0.4) is 0 Å². The van der Waals surface area contributed by atoms with E-state index in [2.05, 4.69) is 15.9 Å². The summed E-state index contributed by atoms with van der Waals surface area (Å²) in [6.45, 7) is 0. The molecule has 10 heteroatoms. The van der Waals surface area contributed by atoms with Crippen molar-refractivity contribution in [2.24, 2.45) is 0 Å². The van der Waals surface area contributed by atoms with Crippen LogP contribution in [0.4, 0.5) is 18.9 Å². The van der Waals surface area contributed by atoms with Gasteiger partial charge in [0, 0.05) is 5.56 Å². The minimum Gasteiger partial charge on any atom is -0.344 e. The molecule has 112 valence electrons. The van der Waals surface area contributed by atoms with E-state index in [9.17, 15) is 23.3 Å². The standard InChI is InChI=1S/C11H4BrCl2F3N2O2/c12-7-9(19(20)21)8(18-10(7)11(15,16)17)4-1-2-5(13)6(14)3-4/h1-3,18H. The first-order chi connectivity index (χ1) is 9.62. The van der Waals surface area contributed by atoms with Crippen molar-refractivity contribution in [3.8, 4) is 11.3 Å². The van der Waals surface area contributed by atoms with Crippen LogP contribution >= 0.6 is 39.1 Å². The van der Waals surface area contributed by atoms with Crippen LogP contribution in [0.2, 0.25) is 10.0 Å². The van der Waals surface area contributed by atoms with Gasteiger partial charge in [-0.1, -0.05) is 29.3 Å². The van der Waals surface area contributed by atoms with Gasteiger partial charge in [0.1, 0.15) is 15.9 Å². The molecule has 21 heavy (non-hydrogen) atoms. The van der Waals surface area contributed by atoms with E-state index in [1.807, 2.05) is 4.98 Å². The van der Waals surface area contributed by atoms with Gasteiger partial charge >= 0.3 is 11.9 Å². The summed E-state index contributed by atoms with van der Waals surface area (Å²) < 4.78 is 37.8. The highest BCUT2D eigenvalue weighted by atomic mass is 79.9. The zero-order valence-corrected chi connectivity index (χ0v) is 12.9. The van der Waals surface area contributed by atoms with Crippen LogP contribution in [0.5, 0.6) is 0 Å². The zero-order chi connectivity index (χ0) is 15.9. The molecule has 1 N–H and O–H groups in total. The fraction of sp³-hybridized carbons (Fsp3) is 0.0909. The first-order valence-corrected chi connectivity index (χ1v) is 6.76. The number of hydrogen-bond acceptors (Lipinski definition) is 2. The Balaban J connectivity index is 2.73. The van der Waals surface area contributed by atoms with Gasteiger partial charge in [-0.15, -0.1) is 0 Å². The van der Waals surface area contributed by atoms with E-state index in [0.29, 0.717) is 0 Å². The molecule has 2 aromatic rings. The van der Waals surface area contributed by atoms with Gasteiger partial charge in [0.05, 0.1) is 15.0 Å². The predicted octanol–water partition coefficient (Wildman–Crippen LogP) is 5.68. The topological polar surface area (TPSA) is 58.9 Å². The number of H-pyrrole nitrogens is 1. The lowest BCUT2D eigenvalue weighted by Crippen LogP contribution is -2.06. The van der Waals surface area contributed by atoms with E-state index in [1.165, 1.54) is 18.2 Å². The molecule has 0 fully saturated rings. The van der Waals surface area contributed by atoms with Crippen molar-refractivity contribution in [2.75, 3.05) is 0 Å². The Bertz CT molecular complexity index is 731. The molecule has 0 spiro atoms. The molecule has 0 radical (unpaired) electrons. The Kier molecular flexibility index (Phi) is 4.23. The second-order valence-corrected chi connectivity index (χ2v) is 5.53. The van der Waals surface area contributed by atoms with E-state index in [1.54, 1.807) is 0 Å². The zero-order valence-electron chi connectivity index (χ0n) is 9.76. The summed E-state index contributed by atoms with van der Waals surface area (Å²) in [6.07, 6.45) is -4.77. The van der Waals surface area contributed by atoms with Crippen LogP contribution in [0.15, 0.2) is 22.7 Å². The Morgan fingerprint density at radius 3 is 2.33 bits per heavy atom. The average Bonchev–Trinajstić information content (AvgIpc) is 2.70. The van der Waals surface area contributed by atoms with Crippen molar-refractivity contribution in [2.45, 2.75) is 6.18 Å². The van der Waals surface area contributed by atoms with Crippen LogP contribution in [0.1, 0.15) is 5.69 Å². The number of benzene rings is 1. The molecule has 0 unspecified atom stereocenters. The Labute approximate surface area is 134 Å². The lowest BCUT2D eigenvalue weighted by Gasteiger charge is -2.03. The van der Waals surface area contributed by atoms with Crippen molar-refractivity contribution in [3.63, 3.8) is 0 Å². The monoisotopic (exact) mass is 402 g/mol. The SMILES string of the molecule is O=[N+]([O-])c1c(-c2ccc(Cl)c(Cl)c2)[nH]c(C(F)(F)F)c1Br. The molecule has 4 nitrogen and oxygen atoms in total. The average molecular weight is 404 g/mol. The van der Waals surface area contributed by atoms with Gasteiger partial charge in [0.25, 0.3) is 0 Å². The quantitative estimate of drug-likeness (QED) is 0.518. The number of rotatable bonds is 2. The molecule has 0 bridgehead atoms. The van der Waals surface area contributed by atoms with Gasteiger partial charge < -0.3 is 4.98 Å². The lowest BCUT2D eigenvalue weighted by atomic mass is 10.1. The van der Waals surface area contributed by atoms with Crippen molar-refractivity contribution in [3.05, 3.63) is 48.5 Å². The van der Waals surface area contributed by atoms with Crippen molar-refractivity contribution >= 4 is 44.8 Å². The van der Waals surface area contributed by atoms with Crippen LogP contribution in [0.25, 0.3) is 11.3 Å². The molecule has 0 atom stereocenters. The van der Waals surface area contributed by atoms with E-state index in [4.69, 9.17) is 23.2 Å². The second kappa shape index (κ2) is 5.51. The predicted molar refractivity (Wildman–Crippen MR) is 75.6 cm³/mol. The number of hydrogen-bond donors (Lipinski definition) is 1. The normalized spacial score (nSPS) is 11.7. The fourth-order valence-corrected chi connectivity index (χ4v) is 2.66. The third-order valence-electron chi connectivity index (χ3n) is 2.59. The summed E-state index contributed by atoms with van der Waals surface area (Å²) in [5.74, 6) is 0. The van der Waals surface area contributed by atoms with Crippen LogP contribution in [0, 0.1) is 10.1 Å². The summed E-state index contributed by atoms with van der Waals surface area (Å²) in [5.41, 5.74) is -2.15. The van der Waals surface area contributed by atoms with E-state index in [0.717, 1.165) is 0 Å². The van der Waals surface area contributed by atoms with Crippen LogP contribution < -0.4 is 0 Å². The molecule has 0 aliphatic carbocycles. The molecular formula is C11H4BrCl2F3N2O2. The number of halogens is 6. The molecule has 0 amide bonds. The first-order valence-electron chi connectivity index (χ1n) is 5.21. The van der Waals surface area contributed by atoms with Crippen molar-refractivity contribution in [1.29, 1.82) is 0 Å². The Morgan fingerprint density at radius 2 is 1.86 bits per heavy atom. The Morgan fingerprint density at radius 1 is 1.24 bits per heavy atom. The number of aromatic amines is 1. The maximum absolute atomic E-state index is 12.8. The number of aromatic nitrogens is 1. The van der Waals surface area contributed by atoms with E-state index < -0.39 is 27.0 Å². The van der Waals surface area contributed by atoms with Crippen molar-refractivity contribution in [1.82, 2.24) is 4.98 Å². The van der Waals surface area contributed by atoms with Crippen LogP contribution in [-0.2, 0) is 6.18 Å². The van der Waals surface area contributed by atoms with Gasteiger partial charge in [-0.2, -0.15) is 13.2 Å². The lowest BCUT2D eigenvalue weighted by molar-refractivity contribution is -0.384. The summed E-state index contributed by atoms with van der Waals surface area (Å²) in [4.78, 5) is 12.1. The number of nitrogens with one attached hydrogen (secondary N) is 1. The maximum Gasteiger partial charge on any atom is 0.432 e. The third kappa shape index (κ3) is 3.02. The summed E-state index contributed by atoms with van der Waals surface area (Å²) in [7, 11) is 0. The van der Waals surface area contributed by atoms with E-state index in [-0.39, 0.29) is 21.3 Å². The highest BCUT2D eigenvalue weighted by molar-refractivity contribution is 9.10. The fourth-order valence-electron chi connectivity index (χ4n) is 1.69. The molecule has 0 saturated heterocycles. The molecular weight excluding hydrogens is 400 g/mol. The van der Waals surface area contributed by atoms with Gasteiger partial charge in [0.2, 0.25) is 0 Å². The molecule has 1 heterocycles. The minimum absolute atomic E-state index is 0.0720. The first kappa shape index (κ1) is 16.1. The van der Waals surface area contributed by atoms with Gasteiger partial charge in [-0.3, -0.25) is 10.1 Å². The summed E-state index contributed by atoms with van der Waals surface area (Å²) >= 11 is 14.1. The highest BCUT2D eigenvalue weighted by Gasteiger charge is 2.41. The smallest absolute Gasteiger partial charge is 0.344 e. The van der Waals surface area contributed by atoms with Crippen molar-refractivity contribution < 1.29 is 18.1 Å². The molecule has 0 aliphatic heterocycles. The van der Waals surface area contributed by atoms with E-state index >= 15 is 0 Å². The van der Waals surface area contributed by atoms with Gasteiger partial charge in [0.15, 0.2) is 0 Å². The largest absolute Gasteiger partial charge is 0.432 e. The highest BCUT2D eigenvalue weighted by Crippen LogP contribution is 2.45. The minimum atomic E-state index is -4.77. The second-order valence-electron chi connectivity index (χ2n) is 3.92. The molecule has 1 aromatic heterocycles.